The van der Waals surface area contributed by atoms with Crippen molar-refractivity contribution >= 4 is 11.6 Å². The second kappa shape index (κ2) is 7.11. The molecule has 0 aliphatic heterocycles. The molecule has 5 heteroatoms. The lowest BCUT2D eigenvalue weighted by Gasteiger charge is -2.07. The third-order valence-corrected chi connectivity index (χ3v) is 3.38. The Bertz CT molecular complexity index is 668. The van der Waals surface area contributed by atoms with Crippen molar-refractivity contribution in [2.45, 2.75) is 26.2 Å². The van der Waals surface area contributed by atoms with Crippen LogP contribution in [-0.4, -0.2) is 5.91 Å². The highest BCUT2D eigenvalue weighted by Crippen LogP contribution is 2.20. The van der Waals surface area contributed by atoms with Gasteiger partial charge in [-0.25, -0.2) is 13.2 Å². The summed E-state index contributed by atoms with van der Waals surface area (Å²) in [4.78, 5) is 11.8. The molecule has 0 radical (unpaired) electrons. The molecule has 0 aromatic heterocycles. The van der Waals surface area contributed by atoms with Crippen molar-refractivity contribution in [1.82, 2.24) is 0 Å². The number of anilines is 1. The van der Waals surface area contributed by atoms with E-state index >= 15 is 0 Å². The highest BCUT2D eigenvalue weighted by molar-refractivity contribution is 5.90. The van der Waals surface area contributed by atoms with Crippen LogP contribution in [0.25, 0.3) is 0 Å². The lowest BCUT2D eigenvalue weighted by molar-refractivity contribution is -0.116. The molecule has 0 saturated heterocycles. The van der Waals surface area contributed by atoms with Crippen LogP contribution < -0.4 is 5.32 Å². The number of benzene rings is 2. The van der Waals surface area contributed by atoms with Crippen LogP contribution in [0, 0.1) is 17.5 Å². The molecule has 2 aromatic carbocycles. The third-order valence-electron chi connectivity index (χ3n) is 3.38. The van der Waals surface area contributed by atoms with Gasteiger partial charge in [-0.3, -0.25) is 4.79 Å². The van der Waals surface area contributed by atoms with Crippen LogP contribution in [0.1, 0.15) is 24.5 Å². The second-order valence-electron chi connectivity index (χ2n) is 4.94. The minimum absolute atomic E-state index is 0.129. The number of rotatable bonds is 5. The summed E-state index contributed by atoms with van der Waals surface area (Å²) >= 11 is 0. The summed E-state index contributed by atoms with van der Waals surface area (Å²) in [6.07, 6.45) is 1.56. The molecule has 2 nitrogen and oxygen atoms in total. The number of aryl methyl sites for hydroxylation is 2. The molecule has 0 aliphatic carbocycles. The first kappa shape index (κ1) is 16.1. The minimum Gasteiger partial charge on any atom is -0.323 e. The lowest BCUT2D eigenvalue weighted by Crippen LogP contribution is -2.14. The van der Waals surface area contributed by atoms with E-state index in [1.54, 1.807) is 0 Å². The topological polar surface area (TPSA) is 29.1 Å². The van der Waals surface area contributed by atoms with Crippen molar-refractivity contribution in [3.8, 4) is 0 Å². The van der Waals surface area contributed by atoms with Crippen molar-refractivity contribution in [2.75, 3.05) is 5.32 Å². The number of amides is 1. The summed E-state index contributed by atoms with van der Waals surface area (Å²) in [6.45, 7) is 2.05. The van der Waals surface area contributed by atoms with E-state index in [0.717, 1.165) is 24.1 Å². The normalized spacial score (nSPS) is 10.5. The van der Waals surface area contributed by atoms with E-state index in [1.165, 1.54) is 5.56 Å². The Labute approximate surface area is 127 Å². The van der Waals surface area contributed by atoms with Gasteiger partial charge in [0.05, 0.1) is 5.69 Å². The van der Waals surface area contributed by atoms with Crippen LogP contribution in [0.15, 0.2) is 36.4 Å². The minimum atomic E-state index is -1.59. The monoisotopic (exact) mass is 307 g/mol. The summed E-state index contributed by atoms with van der Waals surface area (Å²) in [6, 6.07) is 9.62. The summed E-state index contributed by atoms with van der Waals surface area (Å²) < 4.78 is 39.3. The van der Waals surface area contributed by atoms with Crippen molar-refractivity contribution in [1.29, 1.82) is 0 Å². The Kier molecular flexibility index (Phi) is 5.20. The standard InChI is InChI=1S/C17H16F3NO/c1-2-11-3-5-12(6-4-11)7-10-15(22)21-14-9-8-13(18)16(19)17(14)20/h3-6,8-9H,2,7,10H2,1H3,(H,21,22). The Morgan fingerprint density at radius 1 is 0.955 bits per heavy atom. The molecule has 0 heterocycles. The first-order valence-electron chi connectivity index (χ1n) is 7.02. The molecule has 2 aromatic rings. The number of halogens is 3. The number of carbonyl (C=O) groups excluding carboxylic acids is 1. The zero-order chi connectivity index (χ0) is 16.1. The van der Waals surface area contributed by atoms with Crippen LogP contribution in [0.3, 0.4) is 0 Å². The highest BCUT2D eigenvalue weighted by Gasteiger charge is 2.15. The van der Waals surface area contributed by atoms with Crippen molar-refractivity contribution in [3.05, 3.63) is 65.0 Å². The van der Waals surface area contributed by atoms with Gasteiger partial charge < -0.3 is 5.32 Å². The van der Waals surface area contributed by atoms with E-state index in [0.29, 0.717) is 6.42 Å². The van der Waals surface area contributed by atoms with Crippen LogP contribution in [0.2, 0.25) is 0 Å². The molecule has 0 unspecified atom stereocenters. The van der Waals surface area contributed by atoms with Gasteiger partial charge in [-0.2, -0.15) is 0 Å². The SMILES string of the molecule is CCc1ccc(CCC(=O)Nc2ccc(F)c(F)c2F)cc1. The Morgan fingerprint density at radius 2 is 1.59 bits per heavy atom. The molecule has 1 N–H and O–H groups in total. The quantitative estimate of drug-likeness (QED) is 0.823. The molecule has 1 amide bonds. The molecular formula is C17H16F3NO. The predicted octanol–water partition coefficient (Wildman–Crippen LogP) is 4.24. The van der Waals surface area contributed by atoms with E-state index in [-0.39, 0.29) is 12.1 Å². The average molecular weight is 307 g/mol. The summed E-state index contributed by atoms with van der Waals surface area (Å²) in [7, 11) is 0. The number of nitrogens with one attached hydrogen (secondary N) is 1. The predicted molar refractivity (Wildman–Crippen MR) is 79.1 cm³/mol. The summed E-state index contributed by atoms with van der Waals surface area (Å²) in [5, 5.41) is 2.25. The summed E-state index contributed by atoms with van der Waals surface area (Å²) in [5.74, 6) is -4.72. The average Bonchev–Trinajstić information content (AvgIpc) is 2.54. The molecule has 0 bridgehead atoms. The number of carbonyl (C=O) groups is 1. The molecule has 2 rings (SSSR count). The molecule has 22 heavy (non-hydrogen) atoms. The van der Waals surface area contributed by atoms with E-state index < -0.39 is 23.4 Å². The van der Waals surface area contributed by atoms with Gasteiger partial charge in [0.15, 0.2) is 17.5 Å². The number of hydrogen-bond acceptors (Lipinski definition) is 1. The smallest absolute Gasteiger partial charge is 0.224 e. The zero-order valence-electron chi connectivity index (χ0n) is 12.1. The zero-order valence-corrected chi connectivity index (χ0v) is 12.1. The van der Waals surface area contributed by atoms with E-state index in [2.05, 4.69) is 12.2 Å². The second-order valence-corrected chi connectivity index (χ2v) is 4.94. The van der Waals surface area contributed by atoms with Crippen molar-refractivity contribution in [2.24, 2.45) is 0 Å². The molecule has 0 fully saturated rings. The van der Waals surface area contributed by atoms with Crippen molar-refractivity contribution < 1.29 is 18.0 Å². The van der Waals surface area contributed by atoms with Crippen LogP contribution >= 0.6 is 0 Å². The third kappa shape index (κ3) is 3.87. The fourth-order valence-corrected chi connectivity index (χ4v) is 2.03. The molecule has 0 saturated carbocycles. The number of hydrogen-bond donors (Lipinski definition) is 1. The van der Waals surface area contributed by atoms with Gasteiger partial charge in [-0.1, -0.05) is 31.2 Å². The van der Waals surface area contributed by atoms with Crippen LogP contribution in [0.5, 0.6) is 0 Å². The fraction of sp³-hybridized carbons (Fsp3) is 0.235. The van der Waals surface area contributed by atoms with Crippen LogP contribution in [0.4, 0.5) is 18.9 Å². The van der Waals surface area contributed by atoms with Gasteiger partial charge in [0, 0.05) is 6.42 Å². The molecule has 0 spiro atoms. The van der Waals surface area contributed by atoms with Gasteiger partial charge in [0.1, 0.15) is 0 Å². The fourth-order valence-electron chi connectivity index (χ4n) is 2.03. The van der Waals surface area contributed by atoms with Crippen LogP contribution in [-0.2, 0) is 17.6 Å². The Hall–Kier alpha value is -2.30. The summed E-state index contributed by atoms with van der Waals surface area (Å²) in [5.41, 5.74) is 1.83. The van der Waals surface area contributed by atoms with E-state index in [1.807, 2.05) is 24.3 Å². The van der Waals surface area contributed by atoms with Gasteiger partial charge >= 0.3 is 0 Å². The highest BCUT2D eigenvalue weighted by atomic mass is 19.2. The Morgan fingerprint density at radius 3 is 2.23 bits per heavy atom. The lowest BCUT2D eigenvalue weighted by atomic mass is 10.1. The Balaban J connectivity index is 1.94. The maximum absolute atomic E-state index is 13.4. The first-order valence-corrected chi connectivity index (χ1v) is 7.02. The first-order chi connectivity index (χ1) is 10.5. The molecule has 0 aliphatic rings. The van der Waals surface area contributed by atoms with Crippen molar-refractivity contribution in [3.63, 3.8) is 0 Å². The molecule has 116 valence electrons. The van der Waals surface area contributed by atoms with Gasteiger partial charge in [0.25, 0.3) is 0 Å². The largest absolute Gasteiger partial charge is 0.323 e. The van der Waals surface area contributed by atoms with Gasteiger partial charge in [-0.15, -0.1) is 0 Å². The molecule has 0 atom stereocenters. The molecular weight excluding hydrogens is 291 g/mol. The maximum Gasteiger partial charge on any atom is 0.224 e. The van der Waals surface area contributed by atoms with Gasteiger partial charge in [-0.05, 0) is 36.1 Å². The van der Waals surface area contributed by atoms with E-state index in [9.17, 15) is 18.0 Å². The maximum atomic E-state index is 13.4. The van der Waals surface area contributed by atoms with Gasteiger partial charge in [0.2, 0.25) is 5.91 Å². The van der Waals surface area contributed by atoms with E-state index in [4.69, 9.17) is 0 Å².